The third-order valence-corrected chi connectivity index (χ3v) is 13.3. The normalized spacial score (nSPS) is 35.9. The van der Waals surface area contributed by atoms with E-state index in [9.17, 15) is 13.8 Å². The van der Waals surface area contributed by atoms with E-state index in [1.165, 1.54) is 11.1 Å². The van der Waals surface area contributed by atoms with Gasteiger partial charge in [-0.25, -0.2) is 4.21 Å². The van der Waals surface area contributed by atoms with Gasteiger partial charge in [0.2, 0.25) is 5.91 Å². The first kappa shape index (κ1) is 30.8. The predicted octanol–water partition coefficient (Wildman–Crippen LogP) is 6.25. The van der Waals surface area contributed by atoms with E-state index in [1.54, 1.807) is 20.1 Å². The van der Waals surface area contributed by atoms with Crippen molar-refractivity contribution in [1.29, 1.82) is 0 Å². The molecule has 0 saturated heterocycles. The van der Waals surface area contributed by atoms with Gasteiger partial charge < -0.3 is 14.4 Å². The highest BCUT2D eigenvalue weighted by molar-refractivity contribution is 7.92. The Morgan fingerprint density at radius 1 is 1.22 bits per heavy atom. The summed E-state index contributed by atoms with van der Waals surface area (Å²) in [5.74, 6) is 0.201. The maximum absolute atomic E-state index is 13.8. The summed E-state index contributed by atoms with van der Waals surface area (Å²) in [6, 6.07) is 11.6. The van der Waals surface area contributed by atoms with E-state index in [-0.39, 0.29) is 34.5 Å². The number of rotatable bonds is 3. The summed E-state index contributed by atoms with van der Waals surface area (Å²) < 4.78 is 33.3. The van der Waals surface area contributed by atoms with Crippen LogP contribution in [0.15, 0.2) is 52.9 Å². The molecule has 6 atom stereocenters. The summed E-state index contributed by atoms with van der Waals surface area (Å²) in [4.78, 5) is 28.4. The van der Waals surface area contributed by atoms with Crippen LogP contribution in [0.5, 0.6) is 5.75 Å². The highest BCUT2D eigenvalue weighted by atomic mass is 35.5. The fraction of sp³-hybridized carbons (Fsp3) is 0.543. The SMILES string of the molecule is CCC(=O)N[S@]1(=O)=NC(=O)c2ccc3c(c2)N(C[C@@]2(CCCc4cc(Cl)ccc42)CO3)C[C@]23C[C@@]2(C)[C@H]3[C@@H](OC)/C=C/CCC1. The average molecular weight is 652 g/mol. The van der Waals surface area contributed by atoms with Crippen LogP contribution in [0.25, 0.3) is 0 Å². The molecule has 1 N–H and O–H groups in total. The molecule has 2 heterocycles. The summed E-state index contributed by atoms with van der Waals surface area (Å²) in [7, 11) is -1.53. The van der Waals surface area contributed by atoms with Gasteiger partial charge in [0.1, 0.15) is 15.7 Å². The molecule has 2 amide bonds. The van der Waals surface area contributed by atoms with Crippen LogP contribution in [-0.4, -0.2) is 54.7 Å². The second-order valence-electron chi connectivity index (χ2n) is 13.9. The van der Waals surface area contributed by atoms with Gasteiger partial charge in [-0.15, -0.1) is 4.36 Å². The summed E-state index contributed by atoms with van der Waals surface area (Å²) >= 11 is 6.44. The Bertz CT molecular complexity index is 1720. The topological polar surface area (TPSA) is 97.3 Å². The number of fused-ring (bicyclic) bond motifs is 4. The molecule has 2 bridgehead atoms. The lowest BCUT2D eigenvalue weighted by Gasteiger charge is -2.41. The lowest BCUT2D eigenvalue weighted by Crippen LogP contribution is -2.47. The molecule has 3 aliphatic carbocycles. The van der Waals surface area contributed by atoms with E-state index < -0.39 is 21.7 Å². The first-order valence-electron chi connectivity index (χ1n) is 16.2. The number of benzene rings is 2. The molecule has 0 radical (unpaired) electrons. The number of hydrogen-bond donors (Lipinski definition) is 1. The molecule has 5 aliphatic rings. The number of hydrogen-bond acceptors (Lipinski definition) is 6. The number of halogens is 1. The van der Waals surface area contributed by atoms with Crippen molar-refractivity contribution in [2.24, 2.45) is 21.1 Å². The first-order valence-corrected chi connectivity index (χ1v) is 18.2. The maximum atomic E-state index is 13.8. The van der Waals surface area contributed by atoms with E-state index in [1.807, 2.05) is 18.2 Å². The second kappa shape index (κ2) is 11.1. The number of allylic oxidation sites excluding steroid dienone is 1. The van der Waals surface area contributed by atoms with Crippen molar-refractivity contribution in [2.45, 2.75) is 70.3 Å². The minimum atomic E-state index is -3.31. The lowest BCUT2D eigenvalue weighted by atomic mass is 9.70. The predicted molar refractivity (Wildman–Crippen MR) is 176 cm³/mol. The largest absolute Gasteiger partial charge is 0.490 e. The van der Waals surface area contributed by atoms with Gasteiger partial charge in [0, 0.05) is 54.0 Å². The van der Waals surface area contributed by atoms with Crippen molar-refractivity contribution >= 4 is 39.0 Å². The van der Waals surface area contributed by atoms with Crippen LogP contribution in [0.1, 0.15) is 73.9 Å². The Labute approximate surface area is 271 Å². The van der Waals surface area contributed by atoms with E-state index in [0.29, 0.717) is 30.9 Å². The van der Waals surface area contributed by atoms with Gasteiger partial charge in [-0.2, -0.15) is 0 Å². The van der Waals surface area contributed by atoms with Crippen LogP contribution in [-0.2, 0) is 31.3 Å². The average Bonchev–Trinajstić information content (AvgIpc) is 3.81. The number of anilines is 1. The number of nitrogens with zero attached hydrogens (tertiary/aromatic N) is 2. The quantitative estimate of drug-likeness (QED) is 0.394. The molecule has 2 fully saturated rings. The number of aryl methyl sites for hydroxylation is 1. The Hall–Kier alpha value is -2.88. The molecule has 2 saturated carbocycles. The van der Waals surface area contributed by atoms with Gasteiger partial charge in [0.05, 0.1) is 24.2 Å². The molecular formula is C35H42ClN3O5S. The van der Waals surface area contributed by atoms with Crippen molar-refractivity contribution in [2.75, 3.05) is 37.5 Å². The minimum Gasteiger partial charge on any atom is -0.490 e. The second-order valence-corrected chi connectivity index (χ2v) is 16.4. The fourth-order valence-corrected chi connectivity index (χ4v) is 10.5. The zero-order chi connectivity index (χ0) is 31.6. The summed E-state index contributed by atoms with van der Waals surface area (Å²) in [5.41, 5.74) is 3.81. The number of amides is 2. The molecule has 2 spiro atoms. The first-order chi connectivity index (χ1) is 21.6. The molecule has 0 aromatic heterocycles. The summed E-state index contributed by atoms with van der Waals surface area (Å²) in [6.45, 7) is 6.15. The molecule has 7 rings (SSSR count). The lowest BCUT2D eigenvalue weighted by molar-refractivity contribution is -0.118. The molecule has 2 aliphatic heterocycles. The standard InChI is InChI=1S/C35H42ClN3O5S/c1-4-30(40)37-45(42)16-7-5-6-10-29(43-3)31-33(2)19-35(31,33)21-39-20-34(15-8-9-23-17-25(36)12-13-26(23)34)22-44-28-14-11-24(18-27(28)39)32(41)38-45/h6,10-14,17-18,29,31H,4-5,7-9,15-16,19-22H2,1-3H3,(H,37,38,40,41,42)/b10-6+/t29-,31+,33-,34-,35-,45-/m0/s1. The van der Waals surface area contributed by atoms with E-state index in [0.717, 1.165) is 55.2 Å². The monoisotopic (exact) mass is 651 g/mol. The molecular weight excluding hydrogens is 610 g/mol. The zero-order valence-electron chi connectivity index (χ0n) is 26.3. The van der Waals surface area contributed by atoms with Crippen LogP contribution in [0.3, 0.4) is 0 Å². The van der Waals surface area contributed by atoms with Crippen molar-refractivity contribution < 1.29 is 23.3 Å². The molecule has 10 heteroatoms. The van der Waals surface area contributed by atoms with Gasteiger partial charge >= 0.3 is 0 Å². The Morgan fingerprint density at radius 2 is 2.07 bits per heavy atom. The maximum Gasteiger partial charge on any atom is 0.286 e. The number of methoxy groups -OCH3 is 1. The van der Waals surface area contributed by atoms with Crippen LogP contribution in [0.4, 0.5) is 5.69 Å². The van der Waals surface area contributed by atoms with Crippen molar-refractivity contribution in [3.63, 3.8) is 0 Å². The fourth-order valence-electron chi connectivity index (χ4n) is 8.67. The van der Waals surface area contributed by atoms with Crippen LogP contribution in [0, 0.1) is 16.7 Å². The molecule has 240 valence electrons. The highest BCUT2D eigenvalue weighted by Gasteiger charge is 2.89. The molecule has 2 aromatic carbocycles. The number of nitrogens with one attached hydrogen (secondary N) is 1. The molecule has 45 heavy (non-hydrogen) atoms. The summed E-state index contributed by atoms with van der Waals surface area (Å²) in [6.07, 6.45) is 9.68. The smallest absolute Gasteiger partial charge is 0.286 e. The van der Waals surface area contributed by atoms with Crippen LogP contribution < -0.4 is 14.4 Å². The Balaban J connectivity index is 1.33. The van der Waals surface area contributed by atoms with Gasteiger partial charge in [-0.05, 0) is 85.4 Å². The molecule has 2 aromatic rings. The van der Waals surface area contributed by atoms with Crippen molar-refractivity contribution in [3.05, 3.63) is 70.3 Å². The van der Waals surface area contributed by atoms with E-state index >= 15 is 0 Å². The third kappa shape index (κ3) is 5.19. The van der Waals surface area contributed by atoms with Gasteiger partial charge in [-0.1, -0.05) is 43.7 Å². The summed E-state index contributed by atoms with van der Waals surface area (Å²) in [5, 5.41) is 0.749. The molecule has 8 nitrogen and oxygen atoms in total. The highest BCUT2D eigenvalue weighted by Crippen LogP contribution is 2.91. The Kier molecular flexibility index (Phi) is 7.61. The van der Waals surface area contributed by atoms with Gasteiger partial charge in [0.25, 0.3) is 5.91 Å². The number of carbonyl (C=O) groups excluding carboxylic acids is 2. The van der Waals surface area contributed by atoms with E-state index in [4.69, 9.17) is 21.1 Å². The third-order valence-electron chi connectivity index (χ3n) is 11.2. The van der Waals surface area contributed by atoms with Crippen LogP contribution in [0.2, 0.25) is 5.02 Å². The molecule has 0 unspecified atom stereocenters. The van der Waals surface area contributed by atoms with Crippen molar-refractivity contribution in [1.82, 2.24) is 4.72 Å². The number of carbonyl (C=O) groups is 2. The Morgan fingerprint density at radius 3 is 2.84 bits per heavy atom. The minimum absolute atomic E-state index is 0.0207. The van der Waals surface area contributed by atoms with Crippen LogP contribution >= 0.6 is 11.6 Å². The van der Waals surface area contributed by atoms with E-state index in [2.05, 4.69) is 45.2 Å². The van der Waals surface area contributed by atoms with Crippen molar-refractivity contribution in [3.8, 4) is 5.75 Å². The van der Waals surface area contributed by atoms with Gasteiger partial charge in [0.15, 0.2) is 0 Å². The number of ether oxygens (including phenoxy) is 2. The zero-order valence-corrected chi connectivity index (χ0v) is 27.8. The van der Waals surface area contributed by atoms with Gasteiger partial charge in [-0.3, -0.25) is 14.3 Å².